The van der Waals surface area contributed by atoms with Gasteiger partial charge in [-0.05, 0) is 24.1 Å². The zero-order valence-corrected chi connectivity index (χ0v) is 8.85. The van der Waals surface area contributed by atoms with Gasteiger partial charge in [-0.15, -0.1) is 0 Å². The van der Waals surface area contributed by atoms with Gasteiger partial charge in [0.15, 0.2) is 6.29 Å². The van der Waals surface area contributed by atoms with E-state index in [0.29, 0.717) is 11.8 Å². The second-order valence-corrected chi connectivity index (χ2v) is 3.44. The highest BCUT2D eigenvalue weighted by molar-refractivity contribution is 5.80. The Morgan fingerprint density at radius 2 is 2.31 bits per heavy atom. The maximum absolute atomic E-state index is 13.6. The number of nitrogens with zero attached hydrogens (tertiary/aromatic N) is 2. The number of benzene rings is 1. The van der Waals surface area contributed by atoms with Gasteiger partial charge in [-0.1, -0.05) is 13.0 Å². The molecule has 0 unspecified atom stereocenters. The maximum atomic E-state index is 13.6. The number of carbonyl (C=O) groups excluding carboxylic acids is 1. The third-order valence-corrected chi connectivity index (χ3v) is 2.42. The first-order valence-electron chi connectivity index (χ1n) is 5.04. The molecule has 1 heterocycles. The molecule has 0 fully saturated rings. The van der Waals surface area contributed by atoms with Crippen LogP contribution < -0.4 is 0 Å². The van der Waals surface area contributed by atoms with Crippen molar-refractivity contribution in [2.45, 2.75) is 13.3 Å². The fourth-order valence-corrected chi connectivity index (χ4v) is 1.53. The Balaban J connectivity index is 2.58. The Hall–Kier alpha value is -1.97. The van der Waals surface area contributed by atoms with Crippen molar-refractivity contribution >= 4 is 6.29 Å². The van der Waals surface area contributed by atoms with Crippen molar-refractivity contribution in [1.29, 1.82) is 0 Å². The first-order chi connectivity index (χ1) is 7.76. The normalized spacial score (nSPS) is 10.4. The third-order valence-electron chi connectivity index (χ3n) is 2.42. The quantitative estimate of drug-likeness (QED) is 0.741. The van der Waals surface area contributed by atoms with Crippen LogP contribution >= 0.6 is 0 Å². The Kier molecular flexibility index (Phi) is 2.81. The molecule has 1 aromatic heterocycles. The first-order valence-corrected chi connectivity index (χ1v) is 5.04. The van der Waals surface area contributed by atoms with Gasteiger partial charge in [0.05, 0.1) is 6.20 Å². The van der Waals surface area contributed by atoms with Gasteiger partial charge < -0.3 is 0 Å². The molecule has 0 N–H and O–H groups in total. The van der Waals surface area contributed by atoms with Gasteiger partial charge in [0, 0.05) is 11.8 Å². The molecule has 2 rings (SSSR count). The number of para-hydroxylation sites is 1. The molecule has 2 aromatic rings. The van der Waals surface area contributed by atoms with Crippen molar-refractivity contribution in [3.8, 4) is 5.69 Å². The highest BCUT2D eigenvalue weighted by atomic mass is 19.1. The van der Waals surface area contributed by atoms with E-state index in [1.807, 2.05) is 6.92 Å². The third kappa shape index (κ3) is 1.74. The lowest BCUT2D eigenvalue weighted by molar-refractivity contribution is 0.112. The Bertz CT molecular complexity index is 519. The monoisotopic (exact) mass is 218 g/mol. The second kappa shape index (κ2) is 4.26. The lowest BCUT2D eigenvalue weighted by Gasteiger charge is -2.05. The SMILES string of the molecule is CCc1cnn(-c2c(F)cccc2C=O)c1. The van der Waals surface area contributed by atoms with E-state index in [0.717, 1.165) is 12.0 Å². The maximum Gasteiger partial charge on any atom is 0.152 e. The highest BCUT2D eigenvalue weighted by Gasteiger charge is 2.10. The summed E-state index contributed by atoms with van der Waals surface area (Å²) in [7, 11) is 0. The molecule has 0 aliphatic carbocycles. The van der Waals surface area contributed by atoms with Gasteiger partial charge in [0.25, 0.3) is 0 Å². The summed E-state index contributed by atoms with van der Waals surface area (Å²) in [6.07, 6.45) is 4.85. The number of rotatable bonds is 3. The molecule has 0 spiro atoms. The van der Waals surface area contributed by atoms with Crippen LogP contribution in [0, 0.1) is 5.82 Å². The summed E-state index contributed by atoms with van der Waals surface area (Å²) in [6.45, 7) is 1.99. The predicted molar refractivity (Wildman–Crippen MR) is 58.3 cm³/mol. The van der Waals surface area contributed by atoms with Gasteiger partial charge >= 0.3 is 0 Å². The fraction of sp³-hybridized carbons (Fsp3) is 0.167. The molecular weight excluding hydrogens is 207 g/mol. The van der Waals surface area contributed by atoms with E-state index in [1.54, 1.807) is 18.5 Å². The van der Waals surface area contributed by atoms with Crippen molar-refractivity contribution in [2.24, 2.45) is 0 Å². The van der Waals surface area contributed by atoms with Gasteiger partial charge in [-0.2, -0.15) is 5.10 Å². The molecule has 1 aromatic carbocycles. The topological polar surface area (TPSA) is 34.9 Å². The number of aldehydes is 1. The molecule has 0 saturated carbocycles. The van der Waals surface area contributed by atoms with E-state index in [4.69, 9.17) is 0 Å². The minimum atomic E-state index is -0.449. The zero-order chi connectivity index (χ0) is 11.5. The van der Waals surface area contributed by atoms with Crippen LogP contribution in [0.3, 0.4) is 0 Å². The summed E-state index contributed by atoms with van der Waals surface area (Å²) in [5.41, 5.74) is 1.50. The molecule has 0 amide bonds. The Morgan fingerprint density at radius 1 is 1.50 bits per heavy atom. The van der Waals surface area contributed by atoms with Gasteiger partial charge in [0.2, 0.25) is 0 Å². The molecule has 0 saturated heterocycles. The number of halogens is 1. The predicted octanol–water partition coefficient (Wildman–Crippen LogP) is 2.39. The molecule has 16 heavy (non-hydrogen) atoms. The molecule has 0 radical (unpaired) electrons. The van der Waals surface area contributed by atoms with Crippen molar-refractivity contribution in [2.75, 3.05) is 0 Å². The number of aryl methyl sites for hydroxylation is 1. The lowest BCUT2D eigenvalue weighted by Crippen LogP contribution is -2.02. The van der Waals surface area contributed by atoms with E-state index in [9.17, 15) is 9.18 Å². The second-order valence-electron chi connectivity index (χ2n) is 3.44. The summed E-state index contributed by atoms with van der Waals surface area (Å²) in [5, 5.41) is 4.04. The average Bonchev–Trinajstić information content (AvgIpc) is 2.76. The molecule has 0 aliphatic heterocycles. The summed E-state index contributed by atoms with van der Waals surface area (Å²) in [4.78, 5) is 10.8. The van der Waals surface area contributed by atoms with E-state index in [2.05, 4.69) is 5.10 Å². The fourth-order valence-electron chi connectivity index (χ4n) is 1.53. The minimum absolute atomic E-state index is 0.206. The highest BCUT2D eigenvalue weighted by Crippen LogP contribution is 2.17. The van der Waals surface area contributed by atoms with Gasteiger partial charge in [-0.25, -0.2) is 9.07 Å². The molecule has 3 nitrogen and oxygen atoms in total. The summed E-state index contributed by atoms with van der Waals surface area (Å²) < 4.78 is 15.0. The van der Waals surface area contributed by atoms with Crippen LogP contribution in [-0.4, -0.2) is 16.1 Å². The van der Waals surface area contributed by atoms with Crippen molar-refractivity contribution in [3.05, 3.63) is 47.5 Å². The van der Waals surface area contributed by atoms with E-state index in [1.165, 1.54) is 16.8 Å². The van der Waals surface area contributed by atoms with Crippen LogP contribution in [0.25, 0.3) is 5.69 Å². The van der Waals surface area contributed by atoms with E-state index < -0.39 is 5.82 Å². The average molecular weight is 218 g/mol. The van der Waals surface area contributed by atoms with Crippen LogP contribution in [0.4, 0.5) is 4.39 Å². The number of carbonyl (C=O) groups is 1. The van der Waals surface area contributed by atoms with Crippen molar-refractivity contribution in [3.63, 3.8) is 0 Å². The minimum Gasteiger partial charge on any atom is -0.298 e. The van der Waals surface area contributed by atoms with Gasteiger partial charge in [-0.3, -0.25) is 4.79 Å². The van der Waals surface area contributed by atoms with Crippen molar-refractivity contribution in [1.82, 2.24) is 9.78 Å². The Morgan fingerprint density at radius 3 is 2.94 bits per heavy atom. The van der Waals surface area contributed by atoms with E-state index in [-0.39, 0.29) is 5.69 Å². The van der Waals surface area contributed by atoms with Gasteiger partial charge in [0.1, 0.15) is 11.5 Å². The summed E-state index contributed by atoms with van der Waals surface area (Å²) >= 11 is 0. The standard InChI is InChI=1S/C12H11FN2O/c1-2-9-6-14-15(7-9)12-10(8-16)4-3-5-11(12)13/h3-8H,2H2,1H3. The molecule has 0 atom stereocenters. The molecule has 4 heteroatoms. The molecule has 0 aliphatic rings. The van der Waals surface area contributed by atoms with Crippen LogP contribution in [0.5, 0.6) is 0 Å². The van der Waals surface area contributed by atoms with E-state index >= 15 is 0 Å². The molecule has 0 bridgehead atoms. The number of hydrogen-bond donors (Lipinski definition) is 0. The van der Waals surface area contributed by atoms with Crippen LogP contribution in [0.15, 0.2) is 30.6 Å². The largest absolute Gasteiger partial charge is 0.298 e. The smallest absolute Gasteiger partial charge is 0.152 e. The molecule has 82 valence electrons. The number of aromatic nitrogens is 2. The molecular formula is C12H11FN2O. The number of hydrogen-bond acceptors (Lipinski definition) is 2. The summed E-state index contributed by atoms with van der Waals surface area (Å²) in [6, 6.07) is 4.39. The Labute approximate surface area is 92.5 Å². The van der Waals surface area contributed by atoms with Crippen LogP contribution in [0.1, 0.15) is 22.8 Å². The van der Waals surface area contributed by atoms with Crippen molar-refractivity contribution < 1.29 is 9.18 Å². The zero-order valence-electron chi connectivity index (χ0n) is 8.85. The van der Waals surface area contributed by atoms with Crippen LogP contribution in [0.2, 0.25) is 0 Å². The van der Waals surface area contributed by atoms with Crippen LogP contribution in [-0.2, 0) is 6.42 Å². The lowest BCUT2D eigenvalue weighted by atomic mass is 10.2. The summed E-state index contributed by atoms with van der Waals surface area (Å²) in [5.74, 6) is -0.449. The first kappa shape index (κ1) is 10.5.